The molecule has 0 bridgehead atoms. The molecule has 1 saturated heterocycles. The van der Waals surface area contributed by atoms with Crippen LogP contribution in [0.1, 0.15) is 59.4 Å². The van der Waals surface area contributed by atoms with Crippen LogP contribution in [0.3, 0.4) is 0 Å². The minimum absolute atomic E-state index is 0.0442. The van der Waals surface area contributed by atoms with Crippen molar-refractivity contribution in [1.82, 2.24) is 10.2 Å². The highest BCUT2D eigenvalue weighted by Crippen LogP contribution is 2.31. The molecule has 0 aliphatic carbocycles. The van der Waals surface area contributed by atoms with Crippen molar-refractivity contribution in [2.75, 3.05) is 53.6 Å². The van der Waals surface area contributed by atoms with E-state index in [0.29, 0.717) is 44.3 Å². The number of nitrogens with zero attached hydrogens (tertiary/aromatic N) is 1. The Morgan fingerprint density at radius 1 is 1.12 bits per heavy atom. The number of ether oxygens (including phenoxy) is 4. The van der Waals surface area contributed by atoms with E-state index in [1.54, 1.807) is 14.2 Å². The summed E-state index contributed by atoms with van der Waals surface area (Å²) in [5, 5.41) is 13.9. The standard InChI is InChI=1S/C31H55N3O6/c1-21(2)26(16-25-9-10-29(38-7)30(17-25)39-14-8-13-37-6)18-27(32)28(35)15-22(3)31(36)33-11-12-34-19-23(4)40-24(5)20-34/h9-10,17,21-24,26-28,35H,8,11-16,18-20,32H2,1-7H3,(H,33,36)/t22?,23-,24+,26?,27?,28?. The molecular weight excluding hydrogens is 510 g/mol. The molecule has 1 aliphatic heterocycles. The predicted octanol–water partition coefficient (Wildman–Crippen LogP) is 3.26. The van der Waals surface area contributed by atoms with Crippen molar-refractivity contribution in [2.45, 2.75) is 84.7 Å². The Bertz CT molecular complexity index is 859. The number of carbonyl (C=O) groups is 1. The summed E-state index contributed by atoms with van der Waals surface area (Å²) in [5.74, 6) is 1.70. The van der Waals surface area contributed by atoms with E-state index in [1.165, 1.54) is 0 Å². The summed E-state index contributed by atoms with van der Waals surface area (Å²) >= 11 is 0. The van der Waals surface area contributed by atoms with Crippen LogP contribution in [0.4, 0.5) is 0 Å². The number of methoxy groups -OCH3 is 2. The fraction of sp³-hybridized carbons (Fsp3) is 0.774. The van der Waals surface area contributed by atoms with Crippen LogP contribution < -0.4 is 20.5 Å². The van der Waals surface area contributed by atoms with E-state index in [2.05, 4.69) is 44.0 Å². The summed E-state index contributed by atoms with van der Waals surface area (Å²) in [4.78, 5) is 15.0. The Morgan fingerprint density at radius 3 is 2.45 bits per heavy atom. The Balaban J connectivity index is 1.85. The van der Waals surface area contributed by atoms with Crippen LogP contribution in [0, 0.1) is 17.8 Å². The van der Waals surface area contributed by atoms with E-state index >= 15 is 0 Å². The minimum Gasteiger partial charge on any atom is -0.493 e. The number of carbonyl (C=O) groups excluding carboxylic acids is 1. The van der Waals surface area contributed by atoms with Crippen molar-refractivity contribution < 1.29 is 28.8 Å². The zero-order chi connectivity index (χ0) is 29.7. The molecule has 1 fully saturated rings. The zero-order valence-electron chi connectivity index (χ0n) is 25.9. The zero-order valence-corrected chi connectivity index (χ0v) is 25.9. The van der Waals surface area contributed by atoms with E-state index in [0.717, 1.165) is 43.8 Å². The molecule has 6 atom stereocenters. The molecular formula is C31H55N3O6. The van der Waals surface area contributed by atoms with Gasteiger partial charge in [0.15, 0.2) is 11.5 Å². The van der Waals surface area contributed by atoms with Crippen molar-refractivity contribution in [2.24, 2.45) is 23.5 Å². The smallest absolute Gasteiger partial charge is 0.222 e. The third-order valence-corrected chi connectivity index (χ3v) is 7.75. The molecule has 1 amide bonds. The summed E-state index contributed by atoms with van der Waals surface area (Å²) in [7, 11) is 3.32. The summed E-state index contributed by atoms with van der Waals surface area (Å²) in [5.41, 5.74) is 7.63. The Morgan fingerprint density at radius 2 is 1.82 bits per heavy atom. The van der Waals surface area contributed by atoms with E-state index in [4.69, 9.17) is 24.7 Å². The lowest BCUT2D eigenvalue weighted by Gasteiger charge is -2.35. The third kappa shape index (κ3) is 11.9. The number of aliphatic hydroxyl groups is 1. The van der Waals surface area contributed by atoms with Gasteiger partial charge in [-0.15, -0.1) is 0 Å². The van der Waals surface area contributed by atoms with Gasteiger partial charge in [-0.2, -0.15) is 0 Å². The van der Waals surface area contributed by atoms with Gasteiger partial charge in [0, 0.05) is 58.3 Å². The van der Waals surface area contributed by atoms with Gasteiger partial charge in [-0.25, -0.2) is 0 Å². The molecule has 9 nitrogen and oxygen atoms in total. The number of rotatable bonds is 18. The Hall–Kier alpha value is -1.91. The molecule has 4 N–H and O–H groups in total. The minimum atomic E-state index is -0.751. The molecule has 9 heteroatoms. The molecule has 1 aliphatic rings. The first-order valence-electron chi connectivity index (χ1n) is 14.9. The van der Waals surface area contributed by atoms with Crippen LogP contribution in [-0.4, -0.2) is 93.9 Å². The molecule has 1 heterocycles. The highest BCUT2D eigenvalue weighted by Gasteiger charge is 2.27. The Labute approximate surface area is 242 Å². The molecule has 230 valence electrons. The summed E-state index contributed by atoms with van der Waals surface area (Å²) in [6, 6.07) is 5.62. The second kappa shape index (κ2) is 17.8. The van der Waals surface area contributed by atoms with Gasteiger partial charge in [0.05, 0.1) is 32.0 Å². The third-order valence-electron chi connectivity index (χ3n) is 7.75. The van der Waals surface area contributed by atoms with Crippen LogP contribution in [0.5, 0.6) is 11.5 Å². The highest BCUT2D eigenvalue weighted by atomic mass is 16.5. The van der Waals surface area contributed by atoms with E-state index in [1.807, 2.05) is 19.1 Å². The number of benzene rings is 1. The van der Waals surface area contributed by atoms with E-state index in [-0.39, 0.29) is 30.0 Å². The molecule has 0 aromatic heterocycles. The van der Waals surface area contributed by atoms with Crippen LogP contribution in [0.2, 0.25) is 0 Å². The van der Waals surface area contributed by atoms with Gasteiger partial charge < -0.3 is 35.1 Å². The number of nitrogens with one attached hydrogen (secondary N) is 1. The lowest BCUT2D eigenvalue weighted by Crippen LogP contribution is -2.48. The number of aliphatic hydroxyl groups excluding tert-OH is 1. The first-order valence-corrected chi connectivity index (χ1v) is 14.9. The molecule has 0 radical (unpaired) electrons. The molecule has 1 aromatic carbocycles. The van der Waals surface area contributed by atoms with Crippen LogP contribution in [-0.2, 0) is 20.7 Å². The summed E-state index contributed by atoms with van der Waals surface area (Å²) in [6.07, 6.45) is 2.27. The molecule has 40 heavy (non-hydrogen) atoms. The average Bonchev–Trinajstić information content (AvgIpc) is 2.90. The second-order valence-electron chi connectivity index (χ2n) is 11.8. The van der Waals surface area contributed by atoms with Crippen molar-refractivity contribution >= 4 is 5.91 Å². The highest BCUT2D eigenvalue weighted by molar-refractivity contribution is 5.78. The fourth-order valence-corrected chi connectivity index (χ4v) is 5.37. The maximum absolute atomic E-state index is 12.7. The second-order valence-corrected chi connectivity index (χ2v) is 11.8. The normalized spacial score (nSPS) is 21.1. The lowest BCUT2D eigenvalue weighted by atomic mass is 9.82. The first kappa shape index (κ1) is 34.3. The van der Waals surface area contributed by atoms with Gasteiger partial charge in [-0.1, -0.05) is 26.8 Å². The maximum atomic E-state index is 12.7. The molecule has 1 aromatic rings. The molecule has 2 rings (SSSR count). The number of hydrogen-bond donors (Lipinski definition) is 3. The molecule has 4 unspecified atom stereocenters. The SMILES string of the molecule is COCCCOc1cc(CC(CC(N)C(O)CC(C)C(=O)NCCN2C[C@@H](C)O[C@@H](C)C2)C(C)C)ccc1OC. The molecule has 0 spiro atoms. The number of morpholine rings is 1. The first-order chi connectivity index (χ1) is 19.0. The largest absolute Gasteiger partial charge is 0.493 e. The Kier molecular flexibility index (Phi) is 15.3. The van der Waals surface area contributed by atoms with Gasteiger partial charge in [-0.3, -0.25) is 9.69 Å². The number of nitrogens with two attached hydrogens (primary N) is 1. The summed E-state index contributed by atoms with van der Waals surface area (Å²) in [6.45, 7) is 14.7. The van der Waals surface area contributed by atoms with Gasteiger partial charge in [0.25, 0.3) is 0 Å². The van der Waals surface area contributed by atoms with Gasteiger partial charge in [0.1, 0.15) is 0 Å². The number of amides is 1. The summed E-state index contributed by atoms with van der Waals surface area (Å²) < 4.78 is 22.3. The average molecular weight is 566 g/mol. The van der Waals surface area contributed by atoms with Gasteiger partial charge in [0.2, 0.25) is 5.91 Å². The van der Waals surface area contributed by atoms with E-state index in [9.17, 15) is 9.90 Å². The van der Waals surface area contributed by atoms with Crippen molar-refractivity contribution in [3.05, 3.63) is 23.8 Å². The van der Waals surface area contributed by atoms with Gasteiger partial charge in [-0.05, 0) is 62.6 Å². The monoisotopic (exact) mass is 565 g/mol. The van der Waals surface area contributed by atoms with Crippen LogP contribution in [0.15, 0.2) is 18.2 Å². The van der Waals surface area contributed by atoms with E-state index < -0.39 is 12.1 Å². The topological polar surface area (TPSA) is 116 Å². The quantitative estimate of drug-likeness (QED) is 0.232. The van der Waals surface area contributed by atoms with Crippen molar-refractivity contribution in [3.8, 4) is 11.5 Å². The lowest BCUT2D eigenvalue weighted by molar-refractivity contribution is -0.125. The molecule has 0 saturated carbocycles. The fourth-order valence-electron chi connectivity index (χ4n) is 5.37. The van der Waals surface area contributed by atoms with Crippen molar-refractivity contribution in [3.63, 3.8) is 0 Å². The van der Waals surface area contributed by atoms with Gasteiger partial charge >= 0.3 is 0 Å². The van der Waals surface area contributed by atoms with Crippen LogP contribution >= 0.6 is 0 Å². The van der Waals surface area contributed by atoms with Crippen molar-refractivity contribution in [1.29, 1.82) is 0 Å². The maximum Gasteiger partial charge on any atom is 0.222 e. The number of hydrogen-bond acceptors (Lipinski definition) is 8. The predicted molar refractivity (Wildman–Crippen MR) is 159 cm³/mol. The van der Waals surface area contributed by atoms with Crippen LogP contribution in [0.25, 0.3) is 0 Å².